The van der Waals surface area contributed by atoms with E-state index in [4.69, 9.17) is 4.74 Å². The number of imide groups is 1. The highest BCUT2D eigenvalue weighted by Crippen LogP contribution is 2.20. The number of benzene rings is 1. The molecule has 3 heterocycles. The number of carbonyl (C=O) groups is 2. The van der Waals surface area contributed by atoms with Gasteiger partial charge in [0.05, 0.1) is 25.5 Å². The molecule has 27 heavy (non-hydrogen) atoms. The fourth-order valence-electron chi connectivity index (χ4n) is 3.03. The molecule has 0 atom stereocenters. The summed E-state index contributed by atoms with van der Waals surface area (Å²) in [5, 5.41) is 2.34. The molecule has 0 radical (unpaired) electrons. The third kappa shape index (κ3) is 3.80. The molecule has 138 valence electrons. The number of morpholine rings is 1. The third-order valence-electron chi connectivity index (χ3n) is 4.42. The summed E-state index contributed by atoms with van der Waals surface area (Å²) in [7, 11) is 0. The number of hydrogen-bond donors (Lipinski definition) is 1. The Kier molecular flexibility index (Phi) is 4.80. The maximum atomic E-state index is 12.3. The van der Waals surface area contributed by atoms with Crippen molar-refractivity contribution in [1.29, 1.82) is 0 Å². The smallest absolute Gasteiger partial charge is 0.329 e. The van der Waals surface area contributed by atoms with Gasteiger partial charge in [-0.15, -0.1) is 0 Å². The summed E-state index contributed by atoms with van der Waals surface area (Å²) in [4.78, 5) is 36.8. The standard InChI is InChI=1S/C19H19N5O3/c25-17-16(24(19(26)22-17)13-14-4-2-1-3-5-14)12-15-6-7-20-18(21-15)23-8-10-27-11-9-23/h1-7,12H,8-11,13H2,(H,22,25,26). The van der Waals surface area contributed by atoms with Crippen molar-refractivity contribution >= 4 is 24.0 Å². The quantitative estimate of drug-likeness (QED) is 0.651. The van der Waals surface area contributed by atoms with Gasteiger partial charge in [0.2, 0.25) is 5.95 Å². The van der Waals surface area contributed by atoms with Crippen molar-refractivity contribution < 1.29 is 14.3 Å². The van der Waals surface area contributed by atoms with Crippen LogP contribution in [0.15, 0.2) is 48.3 Å². The molecule has 0 bridgehead atoms. The molecule has 0 aliphatic carbocycles. The Balaban J connectivity index is 1.60. The molecule has 2 saturated heterocycles. The van der Waals surface area contributed by atoms with Gasteiger partial charge in [-0.2, -0.15) is 0 Å². The van der Waals surface area contributed by atoms with Gasteiger partial charge < -0.3 is 9.64 Å². The van der Waals surface area contributed by atoms with Crippen LogP contribution in [0.25, 0.3) is 6.08 Å². The highest BCUT2D eigenvalue weighted by atomic mass is 16.5. The van der Waals surface area contributed by atoms with Gasteiger partial charge in [0, 0.05) is 19.3 Å². The number of anilines is 1. The first-order chi connectivity index (χ1) is 13.2. The van der Waals surface area contributed by atoms with Crippen LogP contribution in [0.5, 0.6) is 0 Å². The molecule has 2 aromatic rings. The maximum absolute atomic E-state index is 12.3. The van der Waals surface area contributed by atoms with Crippen LogP contribution in [0.2, 0.25) is 0 Å². The predicted molar refractivity (Wildman–Crippen MR) is 98.6 cm³/mol. The second-order valence-electron chi connectivity index (χ2n) is 6.24. The molecule has 2 aliphatic heterocycles. The molecule has 2 aliphatic rings. The summed E-state index contributed by atoms with van der Waals surface area (Å²) < 4.78 is 5.35. The number of urea groups is 1. The number of amides is 3. The number of aromatic nitrogens is 2. The molecule has 0 unspecified atom stereocenters. The van der Waals surface area contributed by atoms with Crippen LogP contribution in [-0.4, -0.2) is 53.1 Å². The number of nitrogens with zero attached hydrogens (tertiary/aromatic N) is 4. The minimum atomic E-state index is -0.433. The van der Waals surface area contributed by atoms with Gasteiger partial charge in [0.15, 0.2) is 0 Å². The summed E-state index contributed by atoms with van der Waals surface area (Å²) in [6.07, 6.45) is 3.27. The van der Waals surface area contributed by atoms with Gasteiger partial charge in [-0.05, 0) is 17.7 Å². The number of rotatable bonds is 4. The summed E-state index contributed by atoms with van der Waals surface area (Å²) in [6, 6.07) is 10.8. The lowest BCUT2D eigenvalue weighted by molar-refractivity contribution is -0.116. The predicted octanol–water partition coefficient (Wildman–Crippen LogP) is 1.41. The van der Waals surface area contributed by atoms with Crippen LogP contribution in [0.1, 0.15) is 11.3 Å². The van der Waals surface area contributed by atoms with Gasteiger partial charge in [0.1, 0.15) is 5.70 Å². The number of hydrogen-bond acceptors (Lipinski definition) is 6. The van der Waals surface area contributed by atoms with Crippen molar-refractivity contribution in [2.24, 2.45) is 0 Å². The monoisotopic (exact) mass is 365 g/mol. The van der Waals surface area contributed by atoms with Gasteiger partial charge in [-0.3, -0.25) is 15.0 Å². The van der Waals surface area contributed by atoms with E-state index >= 15 is 0 Å². The van der Waals surface area contributed by atoms with E-state index in [2.05, 4.69) is 15.3 Å². The average Bonchev–Trinajstić information content (AvgIpc) is 2.97. The number of ether oxygens (including phenoxy) is 1. The van der Waals surface area contributed by atoms with Crippen molar-refractivity contribution in [3.05, 3.63) is 59.5 Å². The zero-order valence-corrected chi connectivity index (χ0v) is 14.7. The number of carbonyl (C=O) groups excluding carboxylic acids is 2. The highest BCUT2D eigenvalue weighted by Gasteiger charge is 2.33. The summed E-state index contributed by atoms with van der Waals surface area (Å²) in [6.45, 7) is 3.02. The van der Waals surface area contributed by atoms with Crippen LogP contribution in [0, 0.1) is 0 Å². The lowest BCUT2D eigenvalue weighted by atomic mass is 10.2. The Bertz CT molecular complexity index is 878. The van der Waals surface area contributed by atoms with Crippen molar-refractivity contribution in [3.8, 4) is 0 Å². The summed E-state index contributed by atoms with van der Waals surface area (Å²) in [5.41, 5.74) is 1.78. The van der Waals surface area contributed by atoms with Gasteiger partial charge in [0.25, 0.3) is 5.91 Å². The van der Waals surface area contributed by atoms with Gasteiger partial charge in [-0.25, -0.2) is 14.8 Å². The lowest BCUT2D eigenvalue weighted by Gasteiger charge is -2.26. The topological polar surface area (TPSA) is 87.7 Å². The fraction of sp³-hybridized carbons (Fsp3) is 0.263. The van der Waals surface area contributed by atoms with Crippen molar-refractivity contribution in [1.82, 2.24) is 20.2 Å². The van der Waals surface area contributed by atoms with E-state index in [1.165, 1.54) is 4.90 Å². The van der Waals surface area contributed by atoms with E-state index < -0.39 is 11.9 Å². The molecular weight excluding hydrogens is 346 g/mol. The van der Waals surface area contributed by atoms with E-state index in [-0.39, 0.29) is 5.70 Å². The zero-order chi connectivity index (χ0) is 18.6. The molecule has 1 aromatic heterocycles. The molecule has 0 saturated carbocycles. The van der Waals surface area contributed by atoms with E-state index in [1.54, 1.807) is 18.3 Å². The Morgan fingerprint density at radius 1 is 1.11 bits per heavy atom. The zero-order valence-electron chi connectivity index (χ0n) is 14.7. The van der Waals surface area contributed by atoms with E-state index in [0.29, 0.717) is 31.4 Å². The number of nitrogens with one attached hydrogen (secondary N) is 1. The van der Waals surface area contributed by atoms with Gasteiger partial charge in [-0.1, -0.05) is 30.3 Å². The average molecular weight is 365 g/mol. The Morgan fingerprint density at radius 3 is 2.67 bits per heavy atom. The fourth-order valence-corrected chi connectivity index (χ4v) is 3.03. The molecule has 0 spiro atoms. The lowest BCUT2D eigenvalue weighted by Crippen LogP contribution is -2.37. The van der Waals surface area contributed by atoms with E-state index in [1.807, 2.05) is 35.2 Å². The highest BCUT2D eigenvalue weighted by molar-refractivity contribution is 6.13. The van der Waals surface area contributed by atoms with Crippen molar-refractivity contribution in [2.75, 3.05) is 31.2 Å². The molecule has 1 N–H and O–H groups in total. The van der Waals surface area contributed by atoms with Crippen LogP contribution in [0.4, 0.5) is 10.7 Å². The molecule has 8 heteroatoms. The third-order valence-corrected chi connectivity index (χ3v) is 4.42. The summed E-state index contributed by atoms with van der Waals surface area (Å²) >= 11 is 0. The first-order valence-corrected chi connectivity index (χ1v) is 8.75. The van der Waals surface area contributed by atoms with Crippen molar-refractivity contribution in [2.45, 2.75) is 6.54 Å². The second-order valence-corrected chi connectivity index (χ2v) is 6.24. The normalized spacial score (nSPS) is 18.9. The van der Waals surface area contributed by atoms with E-state index in [9.17, 15) is 9.59 Å². The minimum Gasteiger partial charge on any atom is -0.378 e. The molecular formula is C19H19N5O3. The molecule has 1 aromatic carbocycles. The largest absolute Gasteiger partial charge is 0.378 e. The minimum absolute atomic E-state index is 0.274. The van der Waals surface area contributed by atoms with Crippen molar-refractivity contribution in [3.63, 3.8) is 0 Å². The first kappa shape index (κ1) is 17.2. The first-order valence-electron chi connectivity index (χ1n) is 8.75. The SMILES string of the molecule is O=C1NC(=O)N(Cc2ccccc2)C1=Cc1ccnc(N2CCOCC2)n1. The Morgan fingerprint density at radius 2 is 1.89 bits per heavy atom. The Labute approximate surface area is 156 Å². The summed E-state index contributed by atoms with van der Waals surface area (Å²) in [5.74, 6) is 0.162. The molecule has 8 nitrogen and oxygen atoms in total. The van der Waals surface area contributed by atoms with Crippen LogP contribution in [-0.2, 0) is 16.1 Å². The molecule has 2 fully saturated rings. The van der Waals surface area contributed by atoms with Crippen LogP contribution >= 0.6 is 0 Å². The van der Waals surface area contributed by atoms with Crippen LogP contribution in [0.3, 0.4) is 0 Å². The van der Waals surface area contributed by atoms with Gasteiger partial charge >= 0.3 is 6.03 Å². The maximum Gasteiger partial charge on any atom is 0.329 e. The van der Waals surface area contributed by atoms with E-state index in [0.717, 1.165) is 18.7 Å². The Hall–Kier alpha value is -3.26. The molecule has 4 rings (SSSR count). The second kappa shape index (κ2) is 7.55. The van der Waals surface area contributed by atoms with Crippen LogP contribution < -0.4 is 10.2 Å². The molecule has 3 amide bonds.